The number of amides is 1. The Balaban J connectivity index is 1.22. The van der Waals surface area contributed by atoms with Gasteiger partial charge in [-0.3, -0.25) is 19.3 Å². The average molecular weight is 576 g/mol. The number of carbonyl (C=O) groups is 2. The average Bonchev–Trinajstić information content (AvgIpc) is 3.04. The van der Waals surface area contributed by atoms with E-state index in [-0.39, 0.29) is 17.2 Å². The molecule has 1 fully saturated rings. The van der Waals surface area contributed by atoms with Gasteiger partial charge in [-0.05, 0) is 61.9 Å². The standard InChI is InChI=1S/C34H33N5O4/c40-29(11-4-5-18-39-19-21-43-22-20-39)26-9-6-10-27-30(26)34(42)38-32-31(27)28(16-17-35-32)36-24-12-14-25(15-13-24)37-33(41)23-7-2-1-3-8-23/h1-3,6-10,12-17H,4-5,11,18-22H2,(H,37,41)(H2,35,36,38,42). The fourth-order valence-corrected chi connectivity index (χ4v) is 5.51. The number of ketones is 1. The van der Waals surface area contributed by atoms with Crippen LogP contribution in [-0.2, 0) is 4.74 Å². The van der Waals surface area contributed by atoms with Crippen LogP contribution in [0.5, 0.6) is 0 Å². The second kappa shape index (κ2) is 13.0. The molecule has 0 unspecified atom stereocenters. The minimum atomic E-state index is -0.331. The summed E-state index contributed by atoms with van der Waals surface area (Å²) in [7, 11) is 0. The zero-order chi connectivity index (χ0) is 29.6. The van der Waals surface area contributed by atoms with Crippen LogP contribution in [0.3, 0.4) is 0 Å². The highest BCUT2D eigenvalue weighted by molar-refractivity contribution is 6.17. The molecule has 9 heteroatoms. The second-order valence-electron chi connectivity index (χ2n) is 10.6. The lowest BCUT2D eigenvalue weighted by Crippen LogP contribution is -2.36. The maximum atomic E-state index is 13.3. The Labute approximate surface area is 248 Å². The summed E-state index contributed by atoms with van der Waals surface area (Å²) in [4.78, 5) is 48.7. The number of aromatic amines is 1. The van der Waals surface area contributed by atoms with Crippen molar-refractivity contribution >= 4 is 50.6 Å². The summed E-state index contributed by atoms with van der Waals surface area (Å²) in [6.07, 6.45) is 3.69. The summed E-state index contributed by atoms with van der Waals surface area (Å²) in [5.41, 5.74) is 3.31. The Hall–Kier alpha value is -4.86. The molecule has 2 aromatic heterocycles. The van der Waals surface area contributed by atoms with Gasteiger partial charge in [0.2, 0.25) is 0 Å². The van der Waals surface area contributed by atoms with Crippen LogP contribution < -0.4 is 16.2 Å². The smallest absolute Gasteiger partial charge is 0.258 e. The third-order valence-electron chi connectivity index (χ3n) is 7.73. The number of H-pyrrole nitrogens is 1. The normalized spacial score (nSPS) is 13.7. The summed E-state index contributed by atoms with van der Waals surface area (Å²) in [6.45, 7) is 4.32. The van der Waals surface area contributed by atoms with Crippen molar-refractivity contribution in [2.24, 2.45) is 0 Å². The van der Waals surface area contributed by atoms with Gasteiger partial charge in [-0.2, -0.15) is 0 Å². The summed E-state index contributed by atoms with van der Waals surface area (Å²) in [5, 5.41) is 8.09. The first-order valence-corrected chi connectivity index (χ1v) is 14.6. The fourth-order valence-electron chi connectivity index (χ4n) is 5.51. The van der Waals surface area contributed by atoms with E-state index in [1.165, 1.54) is 0 Å². The number of rotatable bonds is 10. The molecule has 218 valence electrons. The van der Waals surface area contributed by atoms with Gasteiger partial charge in [0, 0.05) is 59.0 Å². The van der Waals surface area contributed by atoms with Crippen molar-refractivity contribution in [3.05, 3.63) is 107 Å². The molecule has 0 aliphatic carbocycles. The molecule has 1 aliphatic heterocycles. The molecule has 0 bridgehead atoms. The molecule has 0 saturated carbocycles. The van der Waals surface area contributed by atoms with E-state index in [0.717, 1.165) is 62.5 Å². The first-order valence-electron chi connectivity index (χ1n) is 14.6. The van der Waals surface area contributed by atoms with Crippen molar-refractivity contribution < 1.29 is 14.3 Å². The number of ether oxygens (including phenoxy) is 1. The number of aromatic nitrogens is 2. The van der Waals surface area contributed by atoms with Crippen molar-refractivity contribution in [1.82, 2.24) is 14.9 Å². The van der Waals surface area contributed by atoms with Gasteiger partial charge in [0.05, 0.1) is 24.3 Å². The van der Waals surface area contributed by atoms with E-state index < -0.39 is 0 Å². The molecule has 3 N–H and O–H groups in total. The van der Waals surface area contributed by atoms with E-state index in [1.54, 1.807) is 24.4 Å². The third-order valence-corrected chi connectivity index (χ3v) is 7.73. The van der Waals surface area contributed by atoms with Crippen molar-refractivity contribution in [3.63, 3.8) is 0 Å². The number of anilines is 3. The Morgan fingerprint density at radius 2 is 1.63 bits per heavy atom. The van der Waals surface area contributed by atoms with Crippen LogP contribution in [-0.4, -0.2) is 59.4 Å². The highest BCUT2D eigenvalue weighted by Gasteiger charge is 2.18. The lowest BCUT2D eigenvalue weighted by Gasteiger charge is -2.26. The van der Waals surface area contributed by atoms with Crippen molar-refractivity contribution in [2.75, 3.05) is 43.5 Å². The van der Waals surface area contributed by atoms with Crippen LogP contribution in [0.4, 0.5) is 17.1 Å². The molecular weight excluding hydrogens is 542 g/mol. The third kappa shape index (κ3) is 6.48. The number of unbranched alkanes of at least 4 members (excludes halogenated alkanes) is 1. The number of pyridine rings is 2. The Morgan fingerprint density at radius 1 is 0.860 bits per heavy atom. The summed E-state index contributed by atoms with van der Waals surface area (Å²) in [6, 6.07) is 23.7. The van der Waals surface area contributed by atoms with Crippen molar-refractivity contribution in [2.45, 2.75) is 19.3 Å². The highest BCUT2D eigenvalue weighted by atomic mass is 16.5. The molecule has 1 aliphatic rings. The van der Waals surface area contributed by atoms with Gasteiger partial charge in [0.25, 0.3) is 11.5 Å². The molecular formula is C34H33N5O4. The molecule has 0 atom stereocenters. The van der Waals surface area contributed by atoms with Gasteiger partial charge in [0.15, 0.2) is 5.78 Å². The van der Waals surface area contributed by atoms with E-state index in [9.17, 15) is 14.4 Å². The van der Waals surface area contributed by atoms with Crippen LogP contribution in [0.25, 0.3) is 21.8 Å². The number of hydrogen-bond donors (Lipinski definition) is 3. The van der Waals surface area contributed by atoms with Gasteiger partial charge >= 0.3 is 0 Å². The van der Waals surface area contributed by atoms with Crippen LogP contribution in [0.2, 0.25) is 0 Å². The topological polar surface area (TPSA) is 116 Å². The molecule has 5 aromatic rings. The maximum Gasteiger partial charge on any atom is 0.258 e. The van der Waals surface area contributed by atoms with Gasteiger partial charge in [0.1, 0.15) is 5.65 Å². The van der Waals surface area contributed by atoms with Gasteiger partial charge in [-0.1, -0.05) is 36.4 Å². The Kier molecular flexibility index (Phi) is 8.53. The molecule has 1 saturated heterocycles. The number of nitrogens with one attached hydrogen (secondary N) is 3. The van der Waals surface area contributed by atoms with E-state index in [1.807, 2.05) is 60.7 Å². The number of nitrogens with zero attached hydrogens (tertiary/aromatic N) is 2. The van der Waals surface area contributed by atoms with Crippen molar-refractivity contribution in [1.29, 1.82) is 0 Å². The number of Topliss-reactive ketones (excluding diaryl/α,β-unsaturated/α-hetero) is 1. The fraction of sp³-hybridized carbons (Fsp3) is 0.235. The lowest BCUT2D eigenvalue weighted by molar-refractivity contribution is 0.0371. The van der Waals surface area contributed by atoms with Crippen LogP contribution in [0, 0.1) is 0 Å². The molecule has 43 heavy (non-hydrogen) atoms. The van der Waals surface area contributed by atoms with E-state index in [4.69, 9.17) is 4.74 Å². The number of benzene rings is 3. The zero-order valence-electron chi connectivity index (χ0n) is 23.8. The van der Waals surface area contributed by atoms with Crippen molar-refractivity contribution in [3.8, 4) is 0 Å². The monoisotopic (exact) mass is 575 g/mol. The molecule has 3 aromatic carbocycles. The highest BCUT2D eigenvalue weighted by Crippen LogP contribution is 2.31. The minimum absolute atomic E-state index is 0.0380. The minimum Gasteiger partial charge on any atom is -0.379 e. The summed E-state index contributed by atoms with van der Waals surface area (Å²) >= 11 is 0. The lowest BCUT2D eigenvalue weighted by atomic mass is 9.97. The van der Waals surface area contributed by atoms with Crippen LogP contribution >= 0.6 is 0 Å². The number of morpholine rings is 1. The zero-order valence-corrected chi connectivity index (χ0v) is 23.8. The van der Waals surface area contributed by atoms with E-state index in [2.05, 4.69) is 25.5 Å². The summed E-state index contributed by atoms with van der Waals surface area (Å²) < 4.78 is 5.41. The molecule has 1 amide bonds. The van der Waals surface area contributed by atoms with Gasteiger partial charge in [-0.15, -0.1) is 0 Å². The largest absolute Gasteiger partial charge is 0.379 e. The molecule has 3 heterocycles. The predicted molar refractivity (Wildman–Crippen MR) is 169 cm³/mol. The van der Waals surface area contributed by atoms with Gasteiger partial charge < -0.3 is 20.4 Å². The number of fused-ring (bicyclic) bond motifs is 3. The van der Waals surface area contributed by atoms with Crippen LogP contribution in [0.1, 0.15) is 40.0 Å². The molecule has 0 spiro atoms. The first-order chi connectivity index (χ1) is 21.1. The van der Waals surface area contributed by atoms with Crippen LogP contribution in [0.15, 0.2) is 89.9 Å². The quantitative estimate of drug-likeness (QED) is 0.110. The SMILES string of the molecule is O=C(Nc1ccc(Nc2ccnc3[nH]c(=O)c4c(C(=O)CCCCN5CCOCC5)cccc4c23)cc1)c1ccccc1. The first kappa shape index (κ1) is 28.3. The molecule has 0 radical (unpaired) electrons. The second-order valence-corrected chi connectivity index (χ2v) is 10.6. The molecule has 6 rings (SSSR count). The van der Waals surface area contributed by atoms with E-state index >= 15 is 0 Å². The Morgan fingerprint density at radius 3 is 2.42 bits per heavy atom. The summed E-state index contributed by atoms with van der Waals surface area (Å²) in [5.74, 6) is -0.219. The predicted octanol–water partition coefficient (Wildman–Crippen LogP) is 5.76. The van der Waals surface area contributed by atoms with Gasteiger partial charge in [-0.25, -0.2) is 4.98 Å². The number of hydrogen-bond acceptors (Lipinski definition) is 7. The molecule has 9 nitrogen and oxygen atoms in total. The Bertz CT molecular complexity index is 1810. The maximum absolute atomic E-state index is 13.3. The van der Waals surface area contributed by atoms with E-state index in [0.29, 0.717) is 39.7 Å². The number of carbonyl (C=O) groups excluding carboxylic acids is 2.